The largest absolute Gasteiger partial charge is 0.256 e. The van der Waals surface area contributed by atoms with Gasteiger partial charge in [-0.15, -0.1) is 5.10 Å². The van der Waals surface area contributed by atoms with Crippen LogP contribution in [0.5, 0.6) is 0 Å². The molecule has 0 fully saturated rings. The van der Waals surface area contributed by atoms with E-state index in [1.165, 1.54) is 0 Å². The molecule has 0 unspecified atom stereocenters. The third-order valence-corrected chi connectivity index (χ3v) is 1.07. The van der Waals surface area contributed by atoms with Gasteiger partial charge in [0.15, 0.2) is 0 Å². The van der Waals surface area contributed by atoms with Crippen LogP contribution in [0.15, 0.2) is 12.3 Å². The summed E-state index contributed by atoms with van der Waals surface area (Å²) in [7, 11) is 0. The summed E-state index contributed by atoms with van der Waals surface area (Å²) in [5.74, 6) is 0. The zero-order valence-electron chi connectivity index (χ0n) is 4.50. The van der Waals surface area contributed by atoms with E-state index in [0.717, 1.165) is 11.0 Å². The second kappa shape index (κ2) is 1.51. The fraction of sp³-hybridized carbons (Fsp3) is 0. The number of hydrogen-bond acceptors (Lipinski definition) is 3. The Morgan fingerprint density at radius 2 is 2.56 bits per heavy atom. The molecule has 4 heteroatoms. The maximum atomic E-state index is 3.75. The number of hydrogen-bond donors (Lipinski definition) is 1. The first-order chi connectivity index (χ1) is 4.47. The lowest BCUT2D eigenvalue weighted by atomic mass is 10.4. The highest BCUT2D eigenvalue weighted by molar-refractivity contribution is 5.71. The molecule has 2 aromatic rings. The summed E-state index contributed by atoms with van der Waals surface area (Å²) in [6, 6.07) is 1.68. The minimum absolute atomic E-state index is 0.796. The Labute approximate surface area is 50.9 Å². The fourth-order valence-corrected chi connectivity index (χ4v) is 0.646. The second-order valence-electron chi connectivity index (χ2n) is 1.64. The smallest absolute Gasteiger partial charge is 0.116 e. The van der Waals surface area contributed by atoms with Crippen LogP contribution < -0.4 is 0 Å². The van der Waals surface area contributed by atoms with E-state index in [9.17, 15) is 0 Å². The first kappa shape index (κ1) is 4.43. The quantitative estimate of drug-likeness (QED) is 0.537. The molecular formula is C5H3N4. The number of aromatic nitrogens is 4. The van der Waals surface area contributed by atoms with Crippen LogP contribution in [0.2, 0.25) is 0 Å². The molecule has 9 heavy (non-hydrogen) atoms. The predicted octanol–water partition coefficient (Wildman–Crippen LogP) is 0.153. The van der Waals surface area contributed by atoms with Gasteiger partial charge < -0.3 is 0 Å². The molecule has 4 nitrogen and oxygen atoms in total. The van der Waals surface area contributed by atoms with Gasteiger partial charge in [0.25, 0.3) is 0 Å². The predicted molar refractivity (Wildman–Crippen MR) is 30.5 cm³/mol. The van der Waals surface area contributed by atoms with E-state index in [0.29, 0.717) is 0 Å². The van der Waals surface area contributed by atoms with Crippen LogP contribution in [0.25, 0.3) is 11.0 Å². The molecule has 0 bridgehead atoms. The van der Waals surface area contributed by atoms with Gasteiger partial charge in [0, 0.05) is 0 Å². The van der Waals surface area contributed by atoms with Crippen molar-refractivity contribution in [3.63, 3.8) is 0 Å². The molecule has 2 heterocycles. The van der Waals surface area contributed by atoms with Crippen molar-refractivity contribution in [3.8, 4) is 0 Å². The van der Waals surface area contributed by atoms with Crippen LogP contribution in [-0.2, 0) is 0 Å². The van der Waals surface area contributed by atoms with E-state index in [4.69, 9.17) is 0 Å². The van der Waals surface area contributed by atoms with Gasteiger partial charge in [0.1, 0.15) is 11.0 Å². The van der Waals surface area contributed by atoms with Crippen LogP contribution in [-0.4, -0.2) is 20.4 Å². The van der Waals surface area contributed by atoms with Crippen LogP contribution in [0.3, 0.4) is 0 Å². The molecule has 1 N–H and O–H groups in total. The topological polar surface area (TPSA) is 54.5 Å². The van der Waals surface area contributed by atoms with Crippen molar-refractivity contribution < 1.29 is 0 Å². The molecule has 0 saturated carbocycles. The standard InChI is InChI=1S/C5H3N4/c1-2-6-3-5-4(1)7-9-8-5/h1,3H,(H,7,8,9). The molecule has 0 atom stereocenters. The van der Waals surface area contributed by atoms with E-state index < -0.39 is 0 Å². The number of fused-ring (bicyclic) bond motifs is 1. The molecule has 0 aliphatic carbocycles. The lowest BCUT2D eigenvalue weighted by Gasteiger charge is -1.77. The zero-order valence-corrected chi connectivity index (χ0v) is 4.50. The average molecular weight is 119 g/mol. The first-order valence-corrected chi connectivity index (χ1v) is 2.50. The maximum absolute atomic E-state index is 3.75. The van der Waals surface area contributed by atoms with Gasteiger partial charge in [0.05, 0.1) is 12.4 Å². The molecule has 0 aromatic carbocycles. The van der Waals surface area contributed by atoms with Crippen molar-refractivity contribution in [1.82, 2.24) is 20.4 Å². The third-order valence-electron chi connectivity index (χ3n) is 1.07. The van der Waals surface area contributed by atoms with Crippen molar-refractivity contribution in [2.45, 2.75) is 0 Å². The van der Waals surface area contributed by atoms with E-state index in [-0.39, 0.29) is 0 Å². The van der Waals surface area contributed by atoms with Crippen LogP contribution >= 0.6 is 0 Å². The first-order valence-electron chi connectivity index (χ1n) is 2.50. The number of H-pyrrole nitrogens is 1. The summed E-state index contributed by atoms with van der Waals surface area (Å²) in [4.78, 5) is 3.75. The second-order valence-corrected chi connectivity index (χ2v) is 1.64. The molecule has 2 rings (SSSR count). The SMILES string of the molecule is [c]1cc2nn[nH]c2cn1. The van der Waals surface area contributed by atoms with Gasteiger partial charge >= 0.3 is 0 Å². The summed E-state index contributed by atoms with van der Waals surface area (Å²) >= 11 is 0. The Morgan fingerprint density at radius 1 is 1.56 bits per heavy atom. The van der Waals surface area contributed by atoms with Crippen molar-refractivity contribution in [2.75, 3.05) is 0 Å². The van der Waals surface area contributed by atoms with Crippen molar-refractivity contribution in [1.29, 1.82) is 0 Å². The lowest BCUT2D eigenvalue weighted by molar-refractivity contribution is 0.959. The average Bonchev–Trinajstić information content (AvgIpc) is 2.33. The molecule has 0 amide bonds. The van der Waals surface area contributed by atoms with E-state index in [2.05, 4.69) is 26.6 Å². The highest BCUT2D eigenvalue weighted by atomic mass is 15.3. The van der Waals surface area contributed by atoms with Gasteiger partial charge in [-0.3, -0.25) is 10.1 Å². The third kappa shape index (κ3) is 0.561. The van der Waals surface area contributed by atoms with Crippen LogP contribution in [0, 0.1) is 6.20 Å². The zero-order chi connectivity index (χ0) is 6.10. The molecule has 2 aromatic heterocycles. The molecule has 0 saturated heterocycles. The van der Waals surface area contributed by atoms with Gasteiger partial charge in [0.2, 0.25) is 0 Å². The summed E-state index contributed by atoms with van der Waals surface area (Å²) in [6.07, 6.45) is 4.28. The number of rotatable bonds is 0. The number of aromatic amines is 1. The summed E-state index contributed by atoms with van der Waals surface area (Å²) in [5.41, 5.74) is 1.64. The van der Waals surface area contributed by atoms with Crippen molar-refractivity contribution >= 4 is 11.0 Å². The Balaban J connectivity index is 2.95. The lowest BCUT2D eigenvalue weighted by Crippen LogP contribution is -1.70. The monoisotopic (exact) mass is 119 g/mol. The van der Waals surface area contributed by atoms with E-state index >= 15 is 0 Å². The van der Waals surface area contributed by atoms with Gasteiger partial charge in [-0.25, -0.2) is 0 Å². The number of pyridine rings is 1. The summed E-state index contributed by atoms with van der Waals surface area (Å²) in [5, 5.41) is 9.98. The van der Waals surface area contributed by atoms with E-state index in [1.54, 1.807) is 12.3 Å². The fourth-order valence-electron chi connectivity index (χ4n) is 0.646. The number of nitrogens with one attached hydrogen (secondary N) is 1. The van der Waals surface area contributed by atoms with Crippen LogP contribution in [0.4, 0.5) is 0 Å². The molecule has 0 aliphatic heterocycles. The minimum Gasteiger partial charge on any atom is -0.256 e. The molecule has 0 aliphatic rings. The Kier molecular flexibility index (Phi) is 0.745. The van der Waals surface area contributed by atoms with Gasteiger partial charge in [-0.05, 0) is 6.07 Å². The minimum atomic E-state index is 0.796. The highest BCUT2D eigenvalue weighted by Gasteiger charge is 1.91. The van der Waals surface area contributed by atoms with Crippen LogP contribution in [0.1, 0.15) is 0 Å². The van der Waals surface area contributed by atoms with Gasteiger partial charge in [-0.1, -0.05) is 5.21 Å². The van der Waals surface area contributed by atoms with E-state index in [1.807, 2.05) is 0 Å². The molecule has 0 spiro atoms. The Bertz CT molecular complexity index is 283. The Morgan fingerprint density at radius 3 is 3.44 bits per heavy atom. The van der Waals surface area contributed by atoms with Gasteiger partial charge in [-0.2, -0.15) is 0 Å². The highest BCUT2D eigenvalue weighted by Crippen LogP contribution is 2.00. The van der Waals surface area contributed by atoms with Crippen molar-refractivity contribution in [3.05, 3.63) is 18.5 Å². The summed E-state index contributed by atoms with van der Waals surface area (Å²) in [6.45, 7) is 0. The normalized spacial score (nSPS) is 10.2. The molecule has 43 valence electrons. The maximum Gasteiger partial charge on any atom is 0.116 e. The summed E-state index contributed by atoms with van der Waals surface area (Å²) < 4.78 is 0. The number of nitrogens with zero attached hydrogens (tertiary/aromatic N) is 3. The molecular weight excluding hydrogens is 116 g/mol. The van der Waals surface area contributed by atoms with Crippen molar-refractivity contribution in [2.24, 2.45) is 0 Å². The molecule has 1 radical (unpaired) electrons. The Hall–Kier alpha value is -1.45.